The standard InChI is InChI=1S/C19H22ClN3O2S/c1-12(2)7-8-16-21-15(11-26-16)10-23-17(24)19(3,22-18(23)25)13-5-4-6-14(20)9-13/h4-6,9,11-12H,7-8,10H2,1-3H3,(H,22,25). The maximum Gasteiger partial charge on any atom is 0.325 e. The van der Waals surface area contributed by atoms with E-state index >= 15 is 0 Å². The third-order valence-corrected chi connectivity index (χ3v) is 5.72. The third kappa shape index (κ3) is 3.76. The van der Waals surface area contributed by atoms with E-state index in [1.807, 2.05) is 5.38 Å². The van der Waals surface area contributed by atoms with Gasteiger partial charge in [-0.15, -0.1) is 11.3 Å². The highest BCUT2D eigenvalue weighted by atomic mass is 35.5. The lowest BCUT2D eigenvalue weighted by Crippen LogP contribution is -2.40. The van der Waals surface area contributed by atoms with Crippen molar-refractivity contribution in [1.82, 2.24) is 15.2 Å². The van der Waals surface area contributed by atoms with Crippen molar-refractivity contribution < 1.29 is 9.59 Å². The first-order chi connectivity index (χ1) is 12.3. The van der Waals surface area contributed by atoms with Crippen LogP contribution in [0.3, 0.4) is 0 Å². The predicted molar refractivity (Wildman–Crippen MR) is 103 cm³/mol. The van der Waals surface area contributed by atoms with Crippen LogP contribution in [0.25, 0.3) is 0 Å². The Morgan fingerprint density at radius 1 is 1.35 bits per heavy atom. The molecule has 2 heterocycles. The summed E-state index contributed by atoms with van der Waals surface area (Å²) in [6.07, 6.45) is 1.99. The molecule has 138 valence electrons. The van der Waals surface area contributed by atoms with Crippen molar-refractivity contribution in [2.24, 2.45) is 5.92 Å². The zero-order valence-corrected chi connectivity index (χ0v) is 16.7. The van der Waals surface area contributed by atoms with E-state index in [4.69, 9.17) is 11.6 Å². The number of halogens is 1. The van der Waals surface area contributed by atoms with Crippen LogP contribution in [0.4, 0.5) is 4.79 Å². The second-order valence-electron chi connectivity index (χ2n) is 7.12. The number of hydrogen-bond acceptors (Lipinski definition) is 4. The fourth-order valence-electron chi connectivity index (χ4n) is 2.95. The molecule has 1 saturated heterocycles. The van der Waals surface area contributed by atoms with Crippen molar-refractivity contribution in [3.05, 3.63) is 50.9 Å². The van der Waals surface area contributed by atoms with Crippen LogP contribution in [0.2, 0.25) is 5.02 Å². The van der Waals surface area contributed by atoms with Crippen molar-refractivity contribution in [1.29, 1.82) is 0 Å². The van der Waals surface area contributed by atoms with Crippen LogP contribution in [0.15, 0.2) is 29.6 Å². The molecule has 1 unspecified atom stereocenters. The number of carbonyl (C=O) groups excluding carboxylic acids is 2. The number of rotatable bonds is 6. The molecule has 7 heteroatoms. The van der Waals surface area contributed by atoms with E-state index in [9.17, 15) is 9.59 Å². The number of benzene rings is 1. The monoisotopic (exact) mass is 391 g/mol. The number of aryl methyl sites for hydroxylation is 1. The van der Waals surface area contributed by atoms with Gasteiger partial charge in [-0.3, -0.25) is 9.69 Å². The summed E-state index contributed by atoms with van der Waals surface area (Å²) in [6.45, 7) is 6.24. The highest BCUT2D eigenvalue weighted by molar-refractivity contribution is 7.09. The molecule has 0 radical (unpaired) electrons. The average molecular weight is 392 g/mol. The normalized spacial score (nSPS) is 20.1. The molecule has 1 aliphatic heterocycles. The molecular formula is C19H22ClN3O2S. The summed E-state index contributed by atoms with van der Waals surface area (Å²) in [5.41, 5.74) is 0.299. The fourth-order valence-corrected chi connectivity index (χ4v) is 3.94. The van der Waals surface area contributed by atoms with E-state index in [1.165, 1.54) is 4.90 Å². The summed E-state index contributed by atoms with van der Waals surface area (Å²) in [5.74, 6) is 0.327. The van der Waals surface area contributed by atoms with Gasteiger partial charge in [-0.2, -0.15) is 0 Å². The van der Waals surface area contributed by atoms with E-state index in [2.05, 4.69) is 24.1 Å². The third-order valence-electron chi connectivity index (χ3n) is 4.53. The Labute approximate surface area is 162 Å². The number of hydrogen-bond donors (Lipinski definition) is 1. The topological polar surface area (TPSA) is 62.3 Å². The Hall–Kier alpha value is -1.92. The van der Waals surface area contributed by atoms with Gasteiger partial charge in [0.25, 0.3) is 5.91 Å². The maximum absolute atomic E-state index is 13.0. The maximum atomic E-state index is 13.0. The van der Waals surface area contributed by atoms with Crippen molar-refractivity contribution >= 4 is 34.9 Å². The molecule has 3 amide bonds. The molecule has 0 bridgehead atoms. The first-order valence-corrected chi connectivity index (χ1v) is 9.89. The largest absolute Gasteiger partial charge is 0.325 e. The highest BCUT2D eigenvalue weighted by Gasteiger charge is 2.49. The number of urea groups is 1. The molecule has 1 aliphatic rings. The Bertz CT molecular complexity index is 836. The van der Waals surface area contributed by atoms with Crippen molar-refractivity contribution in [3.63, 3.8) is 0 Å². The average Bonchev–Trinajstić information content (AvgIpc) is 3.12. The summed E-state index contributed by atoms with van der Waals surface area (Å²) in [4.78, 5) is 31.2. The van der Waals surface area contributed by atoms with Gasteiger partial charge in [0.05, 0.1) is 17.2 Å². The van der Waals surface area contributed by atoms with Gasteiger partial charge in [-0.25, -0.2) is 9.78 Å². The first-order valence-electron chi connectivity index (χ1n) is 8.63. The fraction of sp³-hybridized carbons (Fsp3) is 0.421. The van der Waals surface area contributed by atoms with Gasteiger partial charge in [-0.1, -0.05) is 37.6 Å². The summed E-state index contributed by atoms with van der Waals surface area (Å²) in [5, 5.41) is 6.28. The Balaban J connectivity index is 1.75. The minimum Gasteiger partial charge on any atom is -0.319 e. The van der Waals surface area contributed by atoms with E-state index in [0.29, 0.717) is 16.5 Å². The molecule has 0 spiro atoms. The highest BCUT2D eigenvalue weighted by Crippen LogP contribution is 2.31. The molecular weight excluding hydrogens is 370 g/mol. The van der Waals surface area contributed by atoms with E-state index in [0.717, 1.165) is 23.5 Å². The molecule has 2 aromatic rings. The summed E-state index contributed by atoms with van der Waals surface area (Å²) in [6, 6.07) is 6.60. The minimum atomic E-state index is -1.11. The molecule has 0 saturated carbocycles. The van der Waals surface area contributed by atoms with Crippen molar-refractivity contribution in [2.75, 3.05) is 0 Å². The molecule has 1 atom stereocenters. The van der Waals surface area contributed by atoms with Gasteiger partial charge in [0, 0.05) is 10.4 Å². The molecule has 1 N–H and O–H groups in total. The van der Waals surface area contributed by atoms with Crippen LogP contribution in [-0.4, -0.2) is 21.8 Å². The summed E-state index contributed by atoms with van der Waals surface area (Å²) >= 11 is 7.62. The zero-order valence-electron chi connectivity index (χ0n) is 15.1. The Morgan fingerprint density at radius 3 is 2.81 bits per heavy atom. The number of imide groups is 1. The number of amides is 3. The Kier molecular flexibility index (Phi) is 5.34. The van der Waals surface area contributed by atoms with Gasteiger partial charge in [0.15, 0.2) is 0 Å². The number of nitrogens with zero attached hydrogens (tertiary/aromatic N) is 2. The molecule has 0 aliphatic carbocycles. The van der Waals surface area contributed by atoms with Crippen LogP contribution in [-0.2, 0) is 23.3 Å². The van der Waals surface area contributed by atoms with E-state index in [1.54, 1.807) is 42.5 Å². The molecule has 26 heavy (non-hydrogen) atoms. The Morgan fingerprint density at radius 2 is 2.12 bits per heavy atom. The van der Waals surface area contributed by atoms with Crippen LogP contribution < -0.4 is 5.32 Å². The lowest BCUT2D eigenvalue weighted by molar-refractivity contribution is -0.131. The second-order valence-corrected chi connectivity index (χ2v) is 8.50. The molecule has 1 aromatic heterocycles. The molecule has 1 fully saturated rings. The van der Waals surface area contributed by atoms with Gasteiger partial charge in [0.2, 0.25) is 0 Å². The van der Waals surface area contributed by atoms with Gasteiger partial charge in [0.1, 0.15) is 5.54 Å². The molecule has 3 rings (SSSR count). The lowest BCUT2D eigenvalue weighted by atomic mass is 9.92. The van der Waals surface area contributed by atoms with Crippen molar-refractivity contribution in [2.45, 2.75) is 45.7 Å². The first kappa shape index (κ1) is 18.9. The van der Waals surface area contributed by atoms with Crippen LogP contribution >= 0.6 is 22.9 Å². The smallest absolute Gasteiger partial charge is 0.319 e. The van der Waals surface area contributed by atoms with Crippen LogP contribution in [0.1, 0.15) is 43.5 Å². The van der Waals surface area contributed by atoms with Gasteiger partial charge >= 0.3 is 6.03 Å². The molecule has 5 nitrogen and oxygen atoms in total. The number of carbonyl (C=O) groups is 2. The zero-order chi connectivity index (χ0) is 18.9. The minimum absolute atomic E-state index is 0.180. The quantitative estimate of drug-likeness (QED) is 0.744. The predicted octanol–water partition coefficient (Wildman–Crippen LogP) is 4.35. The SMILES string of the molecule is CC(C)CCc1nc(CN2C(=O)NC(C)(c3cccc(Cl)c3)C2=O)cs1. The summed E-state index contributed by atoms with van der Waals surface area (Å²) in [7, 11) is 0. The van der Waals surface area contributed by atoms with Gasteiger partial charge in [-0.05, 0) is 43.4 Å². The van der Waals surface area contributed by atoms with Crippen LogP contribution in [0.5, 0.6) is 0 Å². The lowest BCUT2D eigenvalue weighted by Gasteiger charge is -2.22. The van der Waals surface area contributed by atoms with Crippen molar-refractivity contribution in [3.8, 4) is 0 Å². The second kappa shape index (κ2) is 7.37. The number of nitrogens with one attached hydrogen (secondary N) is 1. The van der Waals surface area contributed by atoms with E-state index in [-0.39, 0.29) is 12.5 Å². The van der Waals surface area contributed by atoms with E-state index < -0.39 is 11.6 Å². The van der Waals surface area contributed by atoms with Gasteiger partial charge < -0.3 is 5.32 Å². The summed E-state index contributed by atoms with van der Waals surface area (Å²) < 4.78 is 0. The number of thiazole rings is 1. The number of aromatic nitrogens is 1. The van der Waals surface area contributed by atoms with Crippen LogP contribution in [0, 0.1) is 5.92 Å². The molecule has 1 aromatic carbocycles.